The monoisotopic (exact) mass is 339 g/mol. The van der Waals surface area contributed by atoms with E-state index in [0.717, 1.165) is 0 Å². The van der Waals surface area contributed by atoms with Gasteiger partial charge in [-0.25, -0.2) is 0 Å². The molecular formula is C16H26BrN3. The topological polar surface area (TPSA) is 32.5 Å². The Morgan fingerprint density at radius 3 is 2.60 bits per heavy atom. The predicted molar refractivity (Wildman–Crippen MR) is 89.0 cm³/mol. The molecule has 1 aromatic carbocycles. The largest absolute Gasteiger partial charge is 0.329 e. The van der Waals surface area contributed by atoms with E-state index >= 15 is 0 Å². The fraction of sp³-hybridized carbons (Fsp3) is 0.625. The van der Waals surface area contributed by atoms with E-state index in [4.69, 9.17) is 5.73 Å². The first-order valence-electron chi connectivity index (χ1n) is 7.39. The van der Waals surface area contributed by atoms with Crippen molar-refractivity contribution in [3.63, 3.8) is 0 Å². The quantitative estimate of drug-likeness (QED) is 0.915. The van der Waals surface area contributed by atoms with E-state index in [-0.39, 0.29) is 0 Å². The zero-order valence-corrected chi connectivity index (χ0v) is 14.4. The van der Waals surface area contributed by atoms with Crippen molar-refractivity contribution >= 4 is 15.9 Å². The van der Waals surface area contributed by atoms with Crippen LogP contribution in [0.25, 0.3) is 0 Å². The molecule has 0 amide bonds. The Bertz CT molecular complexity index is 441. The van der Waals surface area contributed by atoms with Crippen LogP contribution in [-0.4, -0.2) is 49.6 Å². The Labute approximate surface area is 131 Å². The van der Waals surface area contributed by atoms with Crippen LogP contribution in [0.2, 0.25) is 0 Å². The van der Waals surface area contributed by atoms with E-state index in [2.05, 4.69) is 64.9 Å². The van der Waals surface area contributed by atoms with Crippen LogP contribution >= 0.6 is 15.9 Å². The maximum Gasteiger partial charge on any atom is 0.0470 e. The fourth-order valence-electron chi connectivity index (χ4n) is 3.01. The van der Waals surface area contributed by atoms with Gasteiger partial charge in [0.05, 0.1) is 0 Å². The Kier molecular flexibility index (Phi) is 5.61. The molecule has 1 aliphatic heterocycles. The van der Waals surface area contributed by atoms with Gasteiger partial charge in [-0.3, -0.25) is 4.90 Å². The Morgan fingerprint density at radius 2 is 2.05 bits per heavy atom. The number of piperidine rings is 1. The summed E-state index contributed by atoms with van der Waals surface area (Å²) in [4.78, 5) is 4.88. The lowest BCUT2D eigenvalue weighted by Crippen LogP contribution is -2.45. The molecule has 2 rings (SSSR count). The van der Waals surface area contributed by atoms with Crippen molar-refractivity contribution in [1.29, 1.82) is 0 Å². The smallest absolute Gasteiger partial charge is 0.0470 e. The first kappa shape index (κ1) is 16.0. The van der Waals surface area contributed by atoms with Crippen LogP contribution in [0.4, 0.5) is 0 Å². The second-order valence-corrected chi connectivity index (χ2v) is 6.81. The lowest BCUT2D eigenvalue weighted by Gasteiger charge is -2.39. The summed E-state index contributed by atoms with van der Waals surface area (Å²) in [6.07, 6.45) is 2.47. The summed E-state index contributed by atoms with van der Waals surface area (Å²) in [6, 6.07) is 7.55. The minimum absolute atomic E-state index is 0.306. The van der Waals surface area contributed by atoms with E-state index < -0.39 is 0 Å². The number of rotatable bonds is 4. The van der Waals surface area contributed by atoms with Crippen molar-refractivity contribution in [2.45, 2.75) is 31.8 Å². The number of aryl methyl sites for hydroxylation is 1. The standard InChI is InChI=1S/C16H26BrN3/c1-12-4-5-13(10-15(12)17)16(11-18)20(3)14-6-8-19(2)9-7-14/h4-5,10,14,16H,6-9,11,18H2,1-3H3. The normalized spacial score (nSPS) is 19.5. The van der Waals surface area contributed by atoms with Gasteiger partial charge in [-0.1, -0.05) is 28.1 Å². The van der Waals surface area contributed by atoms with Crippen molar-refractivity contribution in [2.24, 2.45) is 5.73 Å². The SMILES string of the molecule is Cc1ccc(C(CN)N(C)C2CCN(C)CC2)cc1Br. The van der Waals surface area contributed by atoms with Crippen LogP contribution in [0.5, 0.6) is 0 Å². The maximum atomic E-state index is 6.06. The average Bonchev–Trinajstić information content (AvgIpc) is 2.44. The summed E-state index contributed by atoms with van der Waals surface area (Å²) in [5.41, 5.74) is 8.64. The molecule has 20 heavy (non-hydrogen) atoms. The second kappa shape index (κ2) is 7.03. The van der Waals surface area contributed by atoms with Gasteiger partial charge in [-0.2, -0.15) is 0 Å². The van der Waals surface area contributed by atoms with Crippen molar-refractivity contribution in [1.82, 2.24) is 9.80 Å². The van der Waals surface area contributed by atoms with Crippen molar-refractivity contribution < 1.29 is 0 Å². The molecule has 1 atom stereocenters. The lowest BCUT2D eigenvalue weighted by molar-refractivity contribution is 0.109. The van der Waals surface area contributed by atoms with Crippen molar-refractivity contribution in [3.8, 4) is 0 Å². The molecular weight excluding hydrogens is 314 g/mol. The van der Waals surface area contributed by atoms with Crippen molar-refractivity contribution in [2.75, 3.05) is 33.7 Å². The summed E-state index contributed by atoms with van der Waals surface area (Å²) >= 11 is 3.63. The zero-order valence-electron chi connectivity index (χ0n) is 12.8. The highest BCUT2D eigenvalue weighted by molar-refractivity contribution is 9.10. The van der Waals surface area contributed by atoms with Gasteiger partial charge < -0.3 is 10.6 Å². The van der Waals surface area contributed by atoms with Gasteiger partial charge in [0.2, 0.25) is 0 Å². The highest BCUT2D eigenvalue weighted by atomic mass is 79.9. The van der Waals surface area contributed by atoms with Gasteiger partial charge >= 0.3 is 0 Å². The summed E-state index contributed by atoms with van der Waals surface area (Å²) < 4.78 is 1.17. The molecule has 0 saturated carbocycles. The highest BCUT2D eigenvalue weighted by Crippen LogP contribution is 2.28. The zero-order chi connectivity index (χ0) is 14.7. The molecule has 1 unspecified atom stereocenters. The summed E-state index contributed by atoms with van der Waals surface area (Å²) in [5.74, 6) is 0. The maximum absolute atomic E-state index is 6.06. The Morgan fingerprint density at radius 1 is 1.40 bits per heavy atom. The molecule has 0 radical (unpaired) electrons. The molecule has 112 valence electrons. The van der Waals surface area contributed by atoms with Crippen LogP contribution in [0.15, 0.2) is 22.7 Å². The van der Waals surface area contributed by atoms with Crippen molar-refractivity contribution in [3.05, 3.63) is 33.8 Å². The summed E-state index contributed by atoms with van der Waals surface area (Å²) in [5, 5.41) is 0. The van der Waals surface area contributed by atoms with E-state index in [1.54, 1.807) is 0 Å². The molecule has 4 heteroatoms. The van der Waals surface area contributed by atoms with Gasteiger partial charge in [-0.05, 0) is 64.1 Å². The molecule has 0 aliphatic carbocycles. The number of halogens is 1. The molecule has 2 N–H and O–H groups in total. The third kappa shape index (κ3) is 3.61. The number of benzene rings is 1. The Balaban J connectivity index is 2.12. The highest BCUT2D eigenvalue weighted by Gasteiger charge is 2.26. The molecule has 1 aliphatic rings. The number of nitrogens with zero attached hydrogens (tertiary/aromatic N) is 2. The van der Waals surface area contributed by atoms with Gasteiger partial charge in [0.15, 0.2) is 0 Å². The number of hydrogen-bond acceptors (Lipinski definition) is 3. The van der Waals surface area contributed by atoms with Crippen LogP contribution < -0.4 is 5.73 Å². The van der Waals surface area contributed by atoms with Crippen LogP contribution in [0.3, 0.4) is 0 Å². The first-order chi connectivity index (χ1) is 9.52. The first-order valence-corrected chi connectivity index (χ1v) is 8.18. The molecule has 1 fully saturated rings. The third-order valence-corrected chi connectivity index (χ3v) is 5.41. The number of hydrogen-bond donors (Lipinski definition) is 1. The van der Waals surface area contributed by atoms with Gasteiger partial charge in [0, 0.05) is 23.1 Å². The Hall–Kier alpha value is -0.420. The van der Waals surface area contributed by atoms with Gasteiger partial charge in [0.1, 0.15) is 0 Å². The third-order valence-electron chi connectivity index (χ3n) is 4.56. The minimum Gasteiger partial charge on any atom is -0.329 e. The minimum atomic E-state index is 0.306. The molecule has 0 aromatic heterocycles. The fourth-order valence-corrected chi connectivity index (χ4v) is 3.41. The molecule has 1 heterocycles. The van der Waals surface area contributed by atoms with E-state index in [1.165, 1.54) is 41.5 Å². The summed E-state index contributed by atoms with van der Waals surface area (Å²) in [6.45, 7) is 5.15. The number of likely N-dealkylation sites (N-methyl/N-ethyl adjacent to an activating group) is 1. The molecule has 1 saturated heterocycles. The predicted octanol–water partition coefficient (Wildman–Crippen LogP) is 2.78. The van der Waals surface area contributed by atoms with E-state index in [0.29, 0.717) is 18.6 Å². The van der Waals surface area contributed by atoms with E-state index in [1.807, 2.05) is 0 Å². The molecule has 0 spiro atoms. The van der Waals surface area contributed by atoms with Crippen LogP contribution in [-0.2, 0) is 0 Å². The molecule has 0 bridgehead atoms. The van der Waals surface area contributed by atoms with Gasteiger partial charge in [0.25, 0.3) is 0 Å². The van der Waals surface area contributed by atoms with Gasteiger partial charge in [-0.15, -0.1) is 0 Å². The van der Waals surface area contributed by atoms with Crippen LogP contribution in [0, 0.1) is 6.92 Å². The lowest BCUT2D eigenvalue weighted by atomic mass is 9.98. The summed E-state index contributed by atoms with van der Waals surface area (Å²) in [7, 11) is 4.43. The average molecular weight is 340 g/mol. The molecule has 1 aromatic rings. The van der Waals surface area contributed by atoms with Crippen LogP contribution in [0.1, 0.15) is 30.0 Å². The second-order valence-electron chi connectivity index (χ2n) is 5.96. The number of likely N-dealkylation sites (tertiary alicyclic amines) is 1. The van der Waals surface area contributed by atoms with E-state index in [9.17, 15) is 0 Å². The number of nitrogens with two attached hydrogens (primary N) is 1. The molecule has 3 nitrogen and oxygen atoms in total.